The van der Waals surface area contributed by atoms with Gasteiger partial charge in [0, 0.05) is 0 Å². The number of aryl methyl sites for hydroxylation is 3. The Morgan fingerprint density at radius 3 is 2.25 bits per heavy atom. The van der Waals surface area contributed by atoms with E-state index in [1.807, 2.05) is 37.5 Å². The molecule has 28 heavy (non-hydrogen) atoms. The summed E-state index contributed by atoms with van der Waals surface area (Å²) in [5, 5.41) is 1.67. The third kappa shape index (κ3) is 3.85. The molecule has 2 aromatic heterocycles. The minimum absolute atomic E-state index is 0.00611. The van der Waals surface area contributed by atoms with E-state index in [1.165, 1.54) is 9.82 Å². The molecule has 0 spiro atoms. The van der Waals surface area contributed by atoms with Crippen LogP contribution >= 0.6 is 0 Å². The molecule has 5 nitrogen and oxygen atoms in total. The van der Waals surface area contributed by atoms with Crippen molar-refractivity contribution in [3.8, 4) is 0 Å². The molecule has 0 atom stereocenters. The predicted molar refractivity (Wildman–Crippen MR) is 118 cm³/mol. The zero-order valence-corrected chi connectivity index (χ0v) is 19.2. The molecule has 146 valence electrons. The number of nitrogen functional groups attached to an aromatic ring is 1. The molecule has 0 radical (unpaired) electrons. The number of hydrogen-bond donors (Lipinski definition) is 1. The van der Waals surface area contributed by atoms with Crippen molar-refractivity contribution < 1.29 is 0 Å². The first-order valence-electron chi connectivity index (χ1n) is 9.53. The van der Waals surface area contributed by atoms with Crippen molar-refractivity contribution in [1.82, 2.24) is 7.12 Å². The quantitative estimate of drug-likeness (QED) is 0.238. The molecule has 0 aliphatic rings. The van der Waals surface area contributed by atoms with E-state index in [4.69, 9.17) is 5.73 Å². The van der Waals surface area contributed by atoms with Gasteiger partial charge in [-0.25, -0.2) is 0 Å². The van der Waals surface area contributed by atoms with Crippen LogP contribution in [0.15, 0.2) is 46.0 Å². The molecule has 0 unspecified atom stereocenters. The van der Waals surface area contributed by atoms with Gasteiger partial charge in [0.2, 0.25) is 0 Å². The predicted octanol–water partition coefficient (Wildman–Crippen LogP) is 2.58. The van der Waals surface area contributed by atoms with Crippen molar-refractivity contribution >= 4 is 54.4 Å². The number of nitrogens with two attached hydrogens (primary N) is 1. The number of rotatable bonds is 7. The molecule has 2 heterocycles. The molecule has 4 aromatic rings. The number of unbranched alkanes of at least 4 members (excludes halogenated alkanes) is 3. The molecule has 0 aliphatic heterocycles. The summed E-state index contributed by atoms with van der Waals surface area (Å²) in [6.07, 6.45) is 4.18. The molecule has 0 bridgehead atoms. The zero-order chi connectivity index (χ0) is 19.7. The Balaban J connectivity index is 1.30. The Hall–Kier alpha value is -1.78. The van der Waals surface area contributed by atoms with Gasteiger partial charge in [0.15, 0.2) is 0 Å². The Labute approximate surface area is 175 Å². The van der Waals surface area contributed by atoms with Gasteiger partial charge in [-0.05, 0) is 0 Å². The van der Waals surface area contributed by atoms with Gasteiger partial charge in [0.1, 0.15) is 0 Å². The number of fused-ring (bicyclic) bond motifs is 2. The number of hydrogen-bond acceptors (Lipinski definition) is 3. The van der Waals surface area contributed by atoms with Crippen molar-refractivity contribution in [3.05, 3.63) is 62.7 Å². The van der Waals surface area contributed by atoms with Crippen molar-refractivity contribution in [2.24, 2.45) is 0 Å². The van der Waals surface area contributed by atoms with Gasteiger partial charge in [-0.3, -0.25) is 0 Å². The fraction of sp³-hybridized carbons (Fsp3) is 0.333. The topological polar surface area (TPSA) is 70.0 Å². The molecular weight excluding hydrogens is 484 g/mol. The monoisotopic (exact) mass is 509 g/mol. The maximum absolute atomic E-state index is 12.5. The molecule has 4 rings (SSSR count). The van der Waals surface area contributed by atoms with Crippen LogP contribution in [0.25, 0.3) is 19.3 Å². The molecule has 0 amide bonds. The molecular formula is C21H23N3O2Se2. The van der Waals surface area contributed by atoms with E-state index < -0.39 is 0 Å². The fourth-order valence-corrected chi connectivity index (χ4v) is 8.02. The zero-order valence-electron chi connectivity index (χ0n) is 15.8. The first kappa shape index (κ1) is 19.5. The van der Waals surface area contributed by atoms with E-state index in [0.29, 0.717) is 0 Å². The second kappa shape index (κ2) is 8.30. The van der Waals surface area contributed by atoms with Gasteiger partial charge in [0.05, 0.1) is 0 Å². The van der Waals surface area contributed by atoms with Crippen LogP contribution in [0, 0.1) is 6.92 Å². The summed E-state index contributed by atoms with van der Waals surface area (Å²) < 4.78 is 6.22. The van der Waals surface area contributed by atoms with Gasteiger partial charge in [-0.2, -0.15) is 0 Å². The van der Waals surface area contributed by atoms with Crippen LogP contribution in [0.5, 0.6) is 0 Å². The summed E-state index contributed by atoms with van der Waals surface area (Å²) in [7, 11) is 0. The van der Waals surface area contributed by atoms with Crippen molar-refractivity contribution in [1.29, 1.82) is 0 Å². The van der Waals surface area contributed by atoms with Crippen molar-refractivity contribution in [2.75, 3.05) is 5.73 Å². The summed E-state index contributed by atoms with van der Waals surface area (Å²) in [4.78, 5) is 24.9. The van der Waals surface area contributed by atoms with Crippen LogP contribution in [0.1, 0.15) is 31.2 Å². The second-order valence-electron chi connectivity index (χ2n) is 7.13. The Bertz CT molecular complexity index is 1250. The molecule has 0 aliphatic carbocycles. The van der Waals surface area contributed by atoms with Crippen LogP contribution in [0.4, 0.5) is 5.69 Å². The summed E-state index contributed by atoms with van der Waals surface area (Å²) in [6, 6.07) is 11.7. The Morgan fingerprint density at radius 2 is 1.54 bits per heavy atom. The van der Waals surface area contributed by atoms with Gasteiger partial charge in [-0.15, -0.1) is 0 Å². The van der Waals surface area contributed by atoms with Crippen LogP contribution in [-0.2, 0) is 13.1 Å². The number of benzene rings is 2. The van der Waals surface area contributed by atoms with Gasteiger partial charge >= 0.3 is 176 Å². The van der Waals surface area contributed by atoms with E-state index in [2.05, 4.69) is 13.0 Å². The van der Waals surface area contributed by atoms with Crippen LogP contribution in [-0.4, -0.2) is 36.6 Å². The summed E-state index contributed by atoms with van der Waals surface area (Å²) in [5.41, 5.74) is 8.28. The summed E-state index contributed by atoms with van der Waals surface area (Å²) in [5.74, 6) is 0. The summed E-state index contributed by atoms with van der Waals surface area (Å²) >= 11 is 0.126. The number of anilines is 1. The van der Waals surface area contributed by atoms with E-state index in [1.54, 1.807) is 0 Å². The van der Waals surface area contributed by atoms with Gasteiger partial charge < -0.3 is 0 Å². The number of nitrogens with zero attached hydrogens (tertiary/aromatic N) is 2. The fourth-order valence-electron chi connectivity index (χ4n) is 3.45. The SMILES string of the molecule is Cc1ccc2c(=O)n(CCCCCCn3[se]c4c(N)cccc4c3=O)[se]c2c1. The first-order chi connectivity index (χ1) is 13.5. The molecule has 0 fully saturated rings. The number of aromatic nitrogens is 2. The third-order valence-corrected chi connectivity index (χ3v) is 9.83. The van der Waals surface area contributed by atoms with Crippen LogP contribution in [0.3, 0.4) is 0 Å². The molecule has 0 saturated heterocycles. The molecule has 0 saturated carbocycles. The molecule has 2 aromatic carbocycles. The minimum atomic E-state index is 0.00611. The van der Waals surface area contributed by atoms with E-state index in [9.17, 15) is 9.59 Å². The average Bonchev–Trinajstić information content (AvgIpc) is 3.16. The first-order valence-corrected chi connectivity index (χ1v) is 12.8. The molecule has 2 N–H and O–H groups in total. The van der Waals surface area contributed by atoms with E-state index in [0.717, 1.165) is 59.5 Å². The van der Waals surface area contributed by atoms with Crippen molar-refractivity contribution in [2.45, 2.75) is 45.7 Å². The van der Waals surface area contributed by atoms with Gasteiger partial charge in [0.25, 0.3) is 0 Å². The third-order valence-electron chi connectivity index (χ3n) is 4.98. The second-order valence-corrected chi connectivity index (χ2v) is 11.5. The average molecular weight is 507 g/mol. The van der Waals surface area contributed by atoms with Crippen LogP contribution < -0.4 is 16.9 Å². The maximum atomic E-state index is 12.5. The summed E-state index contributed by atoms with van der Waals surface area (Å²) in [6.45, 7) is 3.70. The van der Waals surface area contributed by atoms with Gasteiger partial charge in [-0.1, -0.05) is 0 Å². The van der Waals surface area contributed by atoms with Crippen LogP contribution in [0.2, 0.25) is 0 Å². The van der Waals surface area contributed by atoms with Crippen molar-refractivity contribution in [3.63, 3.8) is 0 Å². The Kier molecular flexibility index (Phi) is 5.79. The standard InChI is InChI=1S/C21H23N3O2Se2/c1-14-9-10-15-18(13-14)27-23(20(15)25)11-4-2-3-5-12-24-21(26)16-7-6-8-17(22)19(16)28-24/h6-10,13H,2-5,11-12,22H2,1H3. The van der Waals surface area contributed by atoms with E-state index >= 15 is 0 Å². The molecule has 7 heteroatoms. The van der Waals surface area contributed by atoms with E-state index in [-0.39, 0.29) is 40.6 Å². The normalized spacial score (nSPS) is 11.6. The Morgan fingerprint density at radius 1 is 0.857 bits per heavy atom.